The molecule has 2 N–H and O–H groups in total. The summed E-state index contributed by atoms with van der Waals surface area (Å²) in [4.78, 5) is 0. The Labute approximate surface area is 111 Å². The van der Waals surface area contributed by atoms with Gasteiger partial charge in [0.2, 0.25) is 0 Å². The molecule has 1 saturated carbocycles. The van der Waals surface area contributed by atoms with Crippen LogP contribution in [0, 0.1) is 0 Å². The van der Waals surface area contributed by atoms with Crippen molar-refractivity contribution in [2.24, 2.45) is 0 Å². The second-order valence-electron chi connectivity index (χ2n) is 5.19. The first kappa shape index (κ1) is 11.7. The zero-order valence-corrected chi connectivity index (χ0v) is 11.5. The molecule has 0 spiro atoms. The van der Waals surface area contributed by atoms with Crippen molar-refractivity contribution in [1.82, 2.24) is 10.6 Å². The second kappa shape index (κ2) is 5.09. The van der Waals surface area contributed by atoms with Gasteiger partial charge in [-0.2, -0.15) is 0 Å². The SMILES string of the molecule is Brc1ccc(C2CC2NC2CCNCC2)cc1. The average Bonchev–Trinajstić information content (AvgIpc) is 3.11. The summed E-state index contributed by atoms with van der Waals surface area (Å²) in [6.07, 6.45) is 3.87. The highest BCUT2D eigenvalue weighted by Crippen LogP contribution is 2.41. The first-order chi connectivity index (χ1) is 8.33. The molecule has 1 aliphatic carbocycles. The summed E-state index contributed by atoms with van der Waals surface area (Å²) >= 11 is 3.49. The Morgan fingerprint density at radius 2 is 1.82 bits per heavy atom. The van der Waals surface area contributed by atoms with Crippen molar-refractivity contribution in [1.29, 1.82) is 0 Å². The number of halogens is 1. The van der Waals surface area contributed by atoms with E-state index in [1.54, 1.807) is 0 Å². The average molecular weight is 295 g/mol. The molecular formula is C14H19BrN2. The van der Waals surface area contributed by atoms with E-state index in [9.17, 15) is 0 Å². The van der Waals surface area contributed by atoms with Crippen LogP contribution in [0.2, 0.25) is 0 Å². The third kappa shape index (κ3) is 2.90. The van der Waals surface area contributed by atoms with Crippen LogP contribution < -0.4 is 10.6 Å². The molecule has 1 aliphatic heterocycles. The van der Waals surface area contributed by atoms with Crippen LogP contribution in [0.3, 0.4) is 0 Å². The maximum Gasteiger partial charge on any atom is 0.0175 e. The molecule has 2 unspecified atom stereocenters. The number of hydrogen-bond acceptors (Lipinski definition) is 2. The van der Waals surface area contributed by atoms with Crippen LogP contribution >= 0.6 is 15.9 Å². The molecule has 2 aliphatic rings. The summed E-state index contributed by atoms with van der Waals surface area (Å²) in [5.74, 6) is 0.748. The zero-order valence-electron chi connectivity index (χ0n) is 9.95. The summed E-state index contributed by atoms with van der Waals surface area (Å²) in [5.41, 5.74) is 1.49. The Morgan fingerprint density at radius 3 is 2.53 bits per heavy atom. The Morgan fingerprint density at radius 1 is 1.12 bits per heavy atom. The number of rotatable bonds is 3. The Kier molecular flexibility index (Phi) is 3.50. The summed E-state index contributed by atoms with van der Waals surface area (Å²) < 4.78 is 1.17. The maximum absolute atomic E-state index is 3.80. The summed E-state index contributed by atoms with van der Waals surface area (Å²) in [5, 5.41) is 7.22. The van der Waals surface area contributed by atoms with Crippen LogP contribution in [0.1, 0.15) is 30.7 Å². The van der Waals surface area contributed by atoms with Crippen LogP contribution in [0.25, 0.3) is 0 Å². The molecule has 92 valence electrons. The van der Waals surface area contributed by atoms with Gasteiger partial charge >= 0.3 is 0 Å². The normalized spacial score (nSPS) is 29.2. The highest BCUT2D eigenvalue weighted by molar-refractivity contribution is 9.10. The van der Waals surface area contributed by atoms with Gasteiger partial charge in [0, 0.05) is 22.5 Å². The van der Waals surface area contributed by atoms with Crippen LogP contribution in [0.15, 0.2) is 28.7 Å². The third-order valence-electron chi connectivity index (χ3n) is 3.88. The first-order valence-corrected chi connectivity index (χ1v) is 7.34. The monoisotopic (exact) mass is 294 g/mol. The van der Waals surface area contributed by atoms with E-state index in [1.165, 1.54) is 42.4 Å². The predicted octanol–water partition coefficient (Wildman–Crippen LogP) is 2.65. The van der Waals surface area contributed by atoms with E-state index in [-0.39, 0.29) is 0 Å². The fourth-order valence-electron chi connectivity index (χ4n) is 2.75. The molecule has 3 heteroatoms. The molecule has 3 rings (SSSR count). The number of piperidine rings is 1. The van der Waals surface area contributed by atoms with Crippen molar-refractivity contribution < 1.29 is 0 Å². The maximum atomic E-state index is 3.80. The van der Waals surface area contributed by atoms with Crippen molar-refractivity contribution >= 4 is 15.9 Å². The van der Waals surface area contributed by atoms with Crippen molar-refractivity contribution in [3.8, 4) is 0 Å². The second-order valence-corrected chi connectivity index (χ2v) is 6.11. The molecule has 1 aromatic rings. The van der Waals surface area contributed by atoms with Crippen molar-refractivity contribution in [2.75, 3.05) is 13.1 Å². The highest BCUT2D eigenvalue weighted by Gasteiger charge is 2.39. The zero-order chi connectivity index (χ0) is 11.7. The van der Waals surface area contributed by atoms with Crippen LogP contribution in [-0.2, 0) is 0 Å². The van der Waals surface area contributed by atoms with E-state index in [2.05, 4.69) is 50.8 Å². The van der Waals surface area contributed by atoms with Crippen LogP contribution in [0.5, 0.6) is 0 Å². The van der Waals surface area contributed by atoms with Crippen LogP contribution in [0.4, 0.5) is 0 Å². The molecule has 0 bridgehead atoms. The molecule has 1 heterocycles. The molecule has 0 amide bonds. The highest BCUT2D eigenvalue weighted by atomic mass is 79.9. The van der Waals surface area contributed by atoms with Crippen LogP contribution in [-0.4, -0.2) is 25.2 Å². The number of hydrogen-bond donors (Lipinski definition) is 2. The molecule has 1 aromatic carbocycles. The van der Waals surface area contributed by atoms with E-state index < -0.39 is 0 Å². The Hall–Kier alpha value is -0.380. The van der Waals surface area contributed by atoms with Gasteiger partial charge in [0.1, 0.15) is 0 Å². The first-order valence-electron chi connectivity index (χ1n) is 6.55. The fraction of sp³-hybridized carbons (Fsp3) is 0.571. The Balaban J connectivity index is 1.53. The van der Waals surface area contributed by atoms with Crippen molar-refractivity contribution in [3.05, 3.63) is 34.3 Å². The van der Waals surface area contributed by atoms with Gasteiger partial charge in [-0.3, -0.25) is 0 Å². The van der Waals surface area contributed by atoms with E-state index >= 15 is 0 Å². The standard InChI is InChI=1S/C14H19BrN2/c15-11-3-1-10(2-4-11)13-9-14(13)17-12-5-7-16-8-6-12/h1-4,12-14,16-17H,5-9H2. The molecule has 2 fully saturated rings. The largest absolute Gasteiger partial charge is 0.317 e. The van der Waals surface area contributed by atoms with Gasteiger partial charge in [-0.15, -0.1) is 0 Å². The van der Waals surface area contributed by atoms with Gasteiger partial charge in [0.25, 0.3) is 0 Å². The minimum Gasteiger partial charge on any atom is -0.317 e. The summed E-state index contributed by atoms with van der Waals surface area (Å²) in [6, 6.07) is 10.3. The lowest BCUT2D eigenvalue weighted by molar-refractivity contribution is 0.383. The molecule has 0 radical (unpaired) electrons. The van der Waals surface area contributed by atoms with Gasteiger partial charge in [-0.25, -0.2) is 0 Å². The molecule has 2 nitrogen and oxygen atoms in total. The van der Waals surface area contributed by atoms with Gasteiger partial charge in [0.05, 0.1) is 0 Å². The van der Waals surface area contributed by atoms with E-state index in [1.807, 2.05) is 0 Å². The van der Waals surface area contributed by atoms with Crippen molar-refractivity contribution in [3.63, 3.8) is 0 Å². The third-order valence-corrected chi connectivity index (χ3v) is 4.41. The summed E-state index contributed by atoms with van der Waals surface area (Å²) in [7, 11) is 0. The Bertz CT molecular complexity index is 370. The van der Waals surface area contributed by atoms with E-state index in [0.717, 1.165) is 18.0 Å². The van der Waals surface area contributed by atoms with Gasteiger partial charge in [-0.05, 0) is 50.0 Å². The summed E-state index contributed by atoms with van der Waals surface area (Å²) in [6.45, 7) is 2.35. The topological polar surface area (TPSA) is 24.1 Å². The minimum absolute atomic E-state index is 0.722. The molecule has 17 heavy (non-hydrogen) atoms. The smallest absolute Gasteiger partial charge is 0.0175 e. The number of benzene rings is 1. The van der Waals surface area contributed by atoms with E-state index in [0.29, 0.717) is 0 Å². The van der Waals surface area contributed by atoms with Gasteiger partial charge < -0.3 is 10.6 Å². The quantitative estimate of drug-likeness (QED) is 0.896. The lowest BCUT2D eigenvalue weighted by Crippen LogP contribution is -2.41. The lowest BCUT2D eigenvalue weighted by Gasteiger charge is -2.24. The molecule has 0 aromatic heterocycles. The van der Waals surface area contributed by atoms with Gasteiger partial charge in [-0.1, -0.05) is 28.1 Å². The minimum atomic E-state index is 0.722. The van der Waals surface area contributed by atoms with Gasteiger partial charge in [0.15, 0.2) is 0 Å². The lowest BCUT2D eigenvalue weighted by atomic mass is 10.1. The van der Waals surface area contributed by atoms with Crippen molar-refractivity contribution in [2.45, 2.75) is 37.3 Å². The molecular weight excluding hydrogens is 276 g/mol. The predicted molar refractivity (Wildman–Crippen MR) is 74.3 cm³/mol. The number of nitrogens with one attached hydrogen (secondary N) is 2. The molecule has 1 saturated heterocycles. The molecule has 2 atom stereocenters. The van der Waals surface area contributed by atoms with E-state index in [4.69, 9.17) is 0 Å². The fourth-order valence-corrected chi connectivity index (χ4v) is 3.01.